The Morgan fingerprint density at radius 2 is 1.54 bits per heavy atom. The van der Waals surface area contributed by atoms with E-state index in [9.17, 15) is 14.7 Å². The van der Waals surface area contributed by atoms with Gasteiger partial charge in [-0.3, -0.25) is 4.79 Å². The zero-order valence-electron chi connectivity index (χ0n) is 13.5. The molecule has 0 aliphatic rings. The van der Waals surface area contributed by atoms with Crippen molar-refractivity contribution in [3.8, 4) is 11.5 Å². The van der Waals surface area contributed by atoms with E-state index >= 15 is 0 Å². The van der Waals surface area contributed by atoms with Crippen LogP contribution in [0.15, 0.2) is 72.8 Å². The fourth-order valence-corrected chi connectivity index (χ4v) is 2.47. The summed E-state index contributed by atoms with van der Waals surface area (Å²) in [6.45, 7) is 0. The van der Waals surface area contributed by atoms with Gasteiger partial charge < -0.3 is 15.2 Å². The summed E-state index contributed by atoms with van der Waals surface area (Å²) in [7, 11) is 0. The van der Waals surface area contributed by atoms with Crippen LogP contribution < -0.4 is 10.1 Å². The fourth-order valence-electron chi connectivity index (χ4n) is 2.30. The smallest absolute Gasteiger partial charge is 0.337 e. The SMILES string of the molecule is O=C(Nc1cc(Cl)ccc1C(=O)O)c1ccc(Oc2ccccc2)cc1. The van der Waals surface area contributed by atoms with Crippen LogP contribution in [0.25, 0.3) is 0 Å². The summed E-state index contributed by atoms with van der Waals surface area (Å²) in [5.41, 5.74) is 0.466. The number of carbonyl (C=O) groups excluding carboxylic acids is 1. The Bertz CT molecular complexity index is 940. The highest BCUT2D eigenvalue weighted by molar-refractivity contribution is 6.31. The molecule has 0 spiro atoms. The van der Waals surface area contributed by atoms with Crippen LogP contribution in [-0.4, -0.2) is 17.0 Å². The molecule has 0 heterocycles. The van der Waals surface area contributed by atoms with Crippen molar-refractivity contribution in [2.75, 3.05) is 5.32 Å². The number of halogens is 1. The zero-order chi connectivity index (χ0) is 18.5. The highest BCUT2D eigenvalue weighted by Gasteiger charge is 2.14. The Labute approximate surface area is 154 Å². The third-order valence-corrected chi connectivity index (χ3v) is 3.79. The molecule has 0 aliphatic carbocycles. The molecule has 0 unspecified atom stereocenters. The van der Waals surface area contributed by atoms with E-state index in [0.717, 1.165) is 0 Å². The summed E-state index contributed by atoms with van der Waals surface area (Å²) in [4.78, 5) is 23.6. The minimum atomic E-state index is -1.15. The highest BCUT2D eigenvalue weighted by atomic mass is 35.5. The lowest BCUT2D eigenvalue weighted by Crippen LogP contribution is -2.14. The first-order valence-corrected chi connectivity index (χ1v) is 8.08. The number of carboxylic acid groups (broad SMARTS) is 1. The molecule has 0 saturated heterocycles. The van der Waals surface area contributed by atoms with Gasteiger partial charge in [0.15, 0.2) is 0 Å². The van der Waals surface area contributed by atoms with E-state index in [1.165, 1.54) is 18.2 Å². The Balaban J connectivity index is 1.75. The van der Waals surface area contributed by atoms with Crippen LogP contribution in [0.1, 0.15) is 20.7 Å². The van der Waals surface area contributed by atoms with E-state index in [0.29, 0.717) is 22.1 Å². The average molecular weight is 368 g/mol. The molecule has 0 atom stereocenters. The van der Waals surface area contributed by atoms with E-state index in [-0.39, 0.29) is 11.3 Å². The van der Waals surface area contributed by atoms with Crippen LogP contribution in [-0.2, 0) is 0 Å². The maximum absolute atomic E-state index is 12.4. The molecular formula is C20H14ClNO4. The van der Waals surface area contributed by atoms with Gasteiger partial charge in [-0.15, -0.1) is 0 Å². The molecule has 0 aromatic heterocycles. The van der Waals surface area contributed by atoms with Crippen LogP contribution in [0.2, 0.25) is 5.02 Å². The molecule has 1 amide bonds. The van der Waals surface area contributed by atoms with Gasteiger partial charge >= 0.3 is 5.97 Å². The quantitative estimate of drug-likeness (QED) is 0.659. The summed E-state index contributed by atoms with van der Waals surface area (Å²) in [5.74, 6) is -0.318. The van der Waals surface area contributed by atoms with Crippen LogP contribution in [0, 0.1) is 0 Å². The van der Waals surface area contributed by atoms with Gasteiger partial charge in [0.2, 0.25) is 0 Å². The molecule has 0 fully saturated rings. The summed E-state index contributed by atoms with van der Waals surface area (Å²) in [6, 6.07) is 20.0. The number of hydrogen-bond acceptors (Lipinski definition) is 3. The molecule has 26 heavy (non-hydrogen) atoms. The lowest BCUT2D eigenvalue weighted by Gasteiger charge is -2.10. The van der Waals surface area contributed by atoms with Crippen molar-refractivity contribution in [3.63, 3.8) is 0 Å². The second kappa shape index (κ2) is 7.72. The summed E-state index contributed by atoms with van der Waals surface area (Å²) in [5, 5.41) is 12.1. The molecule has 2 N–H and O–H groups in total. The van der Waals surface area contributed by atoms with Gasteiger partial charge in [-0.1, -0.05) is 29.8 Å². The molecule has 3 aromatic rings. The highest BCUT2D eigenvalue weighted by Crippen LogP contribution is 2.24. The summed E-state index contributed by atoms with van der Waals surface area (Å²) < 4.78 is 5.67. The summed E-state index contributed by atoms with van der Waals surface area (Å²) >= 11 is 5.89. The number of rotatable bonds is 5. The van der Waals surface area contributed by atoms with Crippen molar-refractivity contribution in [1.82, 2.24) is 0 Å². The van der Waals surface area contributed by atoms with Crippen molar-refractivity contribution < 1.29 is 19.4 Å². The van der Waals surface area contributed by atoms with Crippen molar-refractivity contribution in [2.45, 2.75) is 0 Å². The number of carboxylic acids is 1. The third kappa shape index (κ3) is 4.20. The van der Waals surface area contributed by atoms with E-state index in [1.54, 1.807) is 24.3 Å². The van der Waals surface area contributed by atoms with Crippen molar-refractivity contribution in [1.29, 1.82) is 0 Å². The summed E-state index contributed by atoms with van der Waals surface area (Å²) in [6.07, 6.45) is 0. The van der Waals surface area contributed by atoms with Gasteiger partial charge in [-0.05, 0) is 54.6 Å². The van der Waals surface area contributed by atoms with Crippen LogP contribution in [0.4, 0.5) is 5.69 Å². The molecule has 5 nitrogen and oxygen atoms in total. The first-order valence-electron chi connectivity index (χ1n) is 7.70. The Morgan fingerprint density at radius 1 is 0.885 bits per heavy atom. The maximum Gasteiger partial charge on any atom is 0.337 e. The number of carbonyl (C=O) groups is 2. The maximum atomic E-state index is 12.4. The molecule has 0 radical (unpaired) electrons. The van der Waals surface area contributed by atoms with E-state index < -0.39 is 11.9 Å². The molecule has 6 heteroatoms. The monoisotopic (exact) mass is 367 g/mol. The van der Waals surface area contributed by atoms with Crippen molar-refractivity contribution >= 4 is 29.2 Å². The Morgan fingerprint density at radius 3 is 2.19 bits per heavy atom. The number of aromatic carboxylic acids is 1. The molecular weight excluding hydrogens is 354 g/mol. The standard InChI is InChI=1S/C20H14ClNO4/c21-14-8-11-17(20(24)25)18(12-14)22-19(23)13-6-9-16(10-7-13)26-15-4-2-1-3-5-15/h1-12H,(H,22,23)(H,24,25). The number of para-hydroxylation sites is 1. The number of hydrogen-bond donors (Lipinski definition) is 2. The molecule has 3 rings (SSSR count). The molecule has 3 aromatic carbocycles. The number of nitrogens with one attached hydrogen (secondary N) is 1. The average Bonchev–Trinajstić information content (AvgIpc) is 2.63. The minimum absolute atomic E-state index is 0.0354. The predicted molar refractivity (Wildman–Crippen MR) is 99.3 cm³/mol. The van der Waals surface area contributed by atoms with E-state index in [4.69, 9.17) is 16.3 Å². The third-order valence-electron chi connectivity index (χ3n) is 3.56. The second-order valence-electron chi connectivity index (χ2n) is 5.39. The number of ether oxygens (including phenoxy) is 1. The first kappa shape index (κ1) is 17.5. The Hall–Kier alpha value is -3.31. The van der Waals surface area contributed by atoms with E-state index in [1.807, 2.05) is 30.3 Å². The minimum Gasteiger partial charge on any atom is -0.478 e. The van der Waals surface area contributed by atoms with Gasteiger partial charge in [-0.25, -0.2) is 4.79 Å². The fraction of sp³-hybridized carbons (Fsp3) is 0. The van der Waals surface area contributed by atoms with E-state index in [2.05, 4.69) is 5.32 Å². The van der Waals surface area contributed by atoms with Crippen LogP contribution >= 0.6 is 11.6 Å². The Kier molecular flexibility index (Phi) is 5.20. The molecule has 0 bridgehead atoms. The van der Waals surface area contributed by atoms with Crippen molar-refractivity contribution in [3.05, 3.63) is 88.9 Å². The largest absolute Gasteiger partial charge is 0.478 e. The van der Waals surface area contributed by atoms with Gasteiger partial charge in [-0.2, -0.15) is 0 Å². The lowest BCUT2D eigenvalue weighted by molar-refractivity contribution is 0.0698. The number of anilines is 1. The topological polar surface area (TPSA) is 75.6 Å². The van der Waals surface area contributed by atoms with Gasteiger partial charge in [0, 0.05) is 10.6 Å². The van der Waals surface area contributed by atoms with Gasteiger partial charge in [0.1, 0.15) is 11.5 Å². The molecule has 0 aliphatic heterocycles. The normalized spacial score (nSPS) is 10.2. The molecule has 0 saturated carbocycles. The predicted octanol–water partition coefficient (Wildman–Crippen LogP) is 5.08. The van der Waals surface area contributed by atoms with Crippen LogP contribution in [0.3, 0.4) is 0 Å². The second-order valence-corrected chi connectivity index (χ2v) is 5.83. The number of amides is 1. The van der Waals surface area contributed by atoms with Gasteiger partial charge in [0.05, 0.1) is 11.3 Å². The first-order chi connectivity index (χ1) is 12.5. The van der Waals surface area contributed by atoms with Crippen molar-refractivity contribution in [2.24, 2.45) is 0 Å². The lowest BCUT2D eigenvalue weighted by atomic mass is 10.1. The van der Waals surface area contributed by atoms with Crippen LogP contribution in [0.5, 0.6) is 11.5 Å². The molecule has 130 valence electrons. The number of benzene rings is 3. The van der Waals surface area contributed by atoms with Gasteiger partial charge in [0.25, 0.3) is 5.91 Å². The zero-order valence-corrected chi connectivity index (χ0v) is 14.2.